The largest absolute Gasteiger partial charge is 4.00 e. The summed E-state index contributed by atoms with van der Waals surface area (Å²) in [6, 6.07) is 26.3. The van der Waals surface area contributed by atoms with Crippen molar-refractivity contribution < 1.29 is 35.3 Å². The number of halogens is 2. The van der Waals surface area contributed by atoms with E-state index in [0.29, 0.717) is 0 Å². The molecule has 0 nitrogen and oxygen atoms in total. The Kier molecular flexibility index (Phi) is 11.6. The standard InChI is InChI=1S/2C11H12P.2FH.Hf/c2*1-12(2)11-7-9-5-3-4-6-10(9)8-11;;;/h2*3-8H,1-2H3;2*1H;/q2*-1;;;+4/p-2. The quantitative estimate of drug-likeness (QED) is 0.180. The summed E-state index contributed by atoms with van der Waals surface area (Å²) in [6.45, 7) is 9.18. The maximum absolute atomic E-state index is 2.31. The number of rotatable bonds is 2. The minimum absolute atomic E-state index is 0. The van der Waals surface area contributed by atoms with Crippen LogP contribution in [-0.4, -0.2) is 26.7 Å². The van der Waals surface area contributed by atoms with Gasteiger partial charge in [-0.25, -0.2) is 0 Å². The second kappa shape index (κ2) is 12.0. The van der Waals surface area contributed by atoms with Gasteiger partial charge in [-0.15, -0.1) is 96.5 Å². The van der Waals surface area contributed by atoms with Crippen LogP contribution in [0, 0.1) is 0 Å². The Labute approximate surface area is 182 Å². The van der Waals surface area contributed by atoms with Crippen LogP contribution >= 0.6 is 15.8 Å². The van der Waals surface area contributed by atoms with Gasteiger partial charge in [0.15, 0.2) is 0 Å². The fourth-order valence-corrected chi connectivity index (χ4v) is 4.37. The van der Waals surface area contributed by atoms with Crippen LogP contribution < -0.4 is 20.0 Å². The molecular weight excluding hydrogens is 543 g/mol. The average molecular weight is 567 g/mol. The summed E-state index contributed by atoms with van der Waals surface area (Å²) in [4.78, 5) is 0. The molecule has 0 aliphatic heterocycles. The van der Waals surface area contributed by atoms with Gasteiger partial charge in [0.05, 0.1) is 0 Å². The summed E-state index contributed by atoms with van der Waals surface area (Å²) in [5.41, 5.74) is 0. The number of hydrogen-bond acceptors (Lipinski definition) is 0. The van der Waals surface area contributed by atoms with Gasteiger partial charge in [-0.1, -0.05) is 12.1 Å². The first kappa shape index (κ1) is 26.3. The van der Waals surface area contributed by atoms with E-state index in [9.17, 15) is 0 Å². The van der Waals surface area contributed by atoms with Crippen LogP contribution in [0.2, 0.25) is 0 Å². The summed E-state index contributed by atoms with van der Waals surface area (Å²) >= 11 is 0. The fraction of sp³-hybridized carbons (Fsp3) is 0.182. The molecule has 0 aliphatic carbocycles. The Morgan fingerprint density at radius 2 is 0.926 bits per heavy atom. The van der Waals surface area contributed by atoms with Crippen molar-refractivity contribution in [2.24, 2.45) is 0 Å². The molecule has 0 fully saturated rings. The molecule has 5 heteroatoms. The number of benzene rings is 2. The van der Waals surface area contributed by atoms with Gasteiger partial charge in [0.2, 0.25) is 0 Å². The van der Waals surface area contributed by atoms with Gasteiger partial charge in [-0.3, -0.25) is 0 Å². The van der Waals surface area contributed by atoms with Crippen LogP contribution in [0.15, 0.2) is 72.8 Å². The van der Waals surface area contributed by atoms with Crippen molar-refractivity contribution in [3.8, 4) is 0 Å². The van der Waals surface area contributed by atoms with E-state index in [1.807, 2.05) is 0 Å². The third-order valence-corrected chi connectivity index (χ3v) is 6.82. The molecule has 27 heavy (non-hydrogen) atoms. The molecule has 0 bridgehead atoms. The molecule has 140 valence electrons. The summed E-state index contributed by atoms with van der Waals surface area (Å²) in [5, 5.41) is 8.53. The van der Waals surface area contributed by atoms with Crippen molar-refractivity contribution in [2.75, 3.05) is 26.7 Å². The zero-order valence-electron chi connectivity index (χ0n) is 16.1. The molecule has 0 saturated heterocycles. The zero-order valence-corrected chi connectivity index (χ0v) is 21.5. The van der Waals surface area contributed by atoms with Crippen LogP contribution in [0.25, 0.3) is 21.5 Å². The molecule has 4 aromatic rings. The molecule has 0 radical (unpaired) electrons. The molecule has 0 saturated carbocycles. The molecule has 0 heterocycles. The number of fused-ring (bicyclic) bond motifs is 2. The van der Waals surface area contributed by atoms with Gasteiger partial charge in [0.1, 0.15) is 0 Å². The predicted octanol–water partition coefficient (Wildman–Crippen LogP) is -0.143. The van der Waals surface area contributed by atoms with E-state index >= 15 is 0 Å². The molecule has 4 rings (SSSR count). The van der Waals surface area contributed by atoms with E-state index < -0.39 is 0 Å². The second-order valence-corrected chi connectivity index (χ2v) is 11.1. The van der Waals surface area contributed by atoms with Gasteiger partial charge >= 0.3 is 25.8 Å². The van der Waals surface area contributed by atoms with Gasteiger partial charge in [0, 0.05) is 0 Å². The summed E-state index contributed by atoms with van der Waals surface area (Å²) < 4.78 is 0. The molecule has 0 N–H and O–H groups in total. The van der Waals surface area contributed by atoms with E-state index in [0.717, 1.165) is 0 Å². The third kappa shape index (κ3) is 6.67. The van der Waals surface area contributed by atoms with Crippen molar-refractivity contribution in [1.82, 2.24) is 0 Å². The Bertz CT molecular complexity index is 797. The summed E-state index contributed by atoms with van der Waals surface area (Å²) in [6.07, 6.45) is 0. The van der Waals surface area contributed by atoms with Crippen LogP contribution in [0.4, 0.5) is 0 Å². The van der Waals surface area contributed by atoms with Gasteiger partial charge in [-0.2, -0.15) is 12.1 Å². The average Bonchev–Trinajstić information content (AvgIpc) is 3.19. The molecule has 0 atom stereocenters. The van der Waals surface area contributed by atoms with Crippen LogP contribution in [0.1, 0.15) is 0 Å². The SMILES string of the molecule is CP(C)c1cc2ccccc2[cH-]1.CP(C)c1cc2ccccc2[cH-]1.[F-].[F-].[Hf+4]. The molecule has 0 aromatic heterocycles. The van der Waals surface area contributed by atoms with Crippen molar-refractivity contribution >= 4 is 48.0 Å². The monoisotopic (exact) mass is 568 g/mol. The minimum atomic E-state index is 0. The van der Waals surface area contributed by atoms with E-state index in [2.05, 4.69) is 99.5 Å². The third-order valence-electron chi connectivity index (χ3n) is 4.24. The topological polar surface area (TPSA) is 0 Å². The Hall–Kier alpha value is -0.750. The second-order valence-electron chi connectivity index (χ2n) is 6.47. The fourth-order valence-electron chi connectivity index (χ4n) is 2.78. The first-order valence-corrected chi connectivity index (χ1v) is 12.7. The van der Waals surface area contributed by atoms with Crippen molar-refractivity contribution in [3.05, 3.63) is 72.8 Å². The molecule has 4 aromatic carbocycles. The maximum Gasteiger partial charge on any atom is 4.00 e. The summed E-state index contributed by atoms with van der Waals surface area (Å²) in [7, 11) is 0.115. The molecule has 0 unspecified atom stereocenters. The van der Waals surface area contributed by atoms with Gasteiger partial charge in [0.25, 0.3) is 0 Å². The molecular formula is C22H24F2HfP2. The van der Waals surface area contributed by atoms with E-state index in [-0.39, 0.29) is 51.1 Å². The number of hydrogen-bond donors (Lipinski definition) is 0. The molecule has 0 spiro atoms. The van der Waals surface area contributed by atoms with Gasteiger partial charge in [-0.05, 0) is 26.7 Å². The minimum Gasteiger partial charge on any atom is -1.00 e. The first-order chi connectivity index (χ1) is 11.5. The van der Waals surface area contributed by atoms with E-state index in [1.54, 1.807) is 0 Å². The molecule has 0 amide bonds. The Morgan fingerprint density at radius 3 is 1.22 bits per heavy atom. The normalized spacial score (nSPS) is 10.0. The van der Waals surface area contributed by atoms with Crippen LogP contribution in [0.5, 0.6) is 0 Å². The predicted molar refractivity (Wildman–Crippen MR) is 116 cm³/mol. The Morgan fingerprint density at radius 1 is 0.593 bits per heavy atom. The smallest absolute Gasteiger partial charge is 1.00 e. The summed E-state index contributed by atoms with van der Waals surface area (Å²) in [5.74, 6) is 0. The van der Waals surface area contributed by atoms with Crippen molar-refractivity contribution in [3.63, 3.8) is 0 Å². The first-order valence-electron chi connectivity index (χ1n) is 8.20. The van der Waals surface area contributed by atoms with E-state index in [4.69, 9.17) is 0 Å². The Balaban J connectivity index is 0.000000451. The van der Waals surface area contributed by atoms with Crippen LogP contribution in [0.3, 0.4) is 0 Å². The van der Waals surface area contributed by atoms with Crippen molar-refractivity contribution in [2.45, 2.75) is 0 Å². The van der Waals surface area contributed by atoms with Gasteiger partial charge < -0.3 is 9.41 Å². The zero-order chi connectivity index (χ0) is 17.1. The molecule has 0 aliphatic rings. The van der Waals surface area contributed by atoms with E-state index in [1.165, 1.54) is 32.2 Å². The van der Waals surface area contributed by atoms with Crippen LogP contribution in [-0.2, 0) is 25.8 Å². The maximum atomic E-state index is 2.31. The van der Waals surface area contributed by atoms with Crippen molar-refractivity contribution in [1.29, 1.82) is 0 Å².